The van der Waals surface area contributed by atoms with Crippen LogP contribution in [0.25, 0.3) is 0 Å². The molecule has 0 aromatic heterocycles. The Morgan fingerprint density at radius 1 is 1.30 bits per heavy atom. The van der Waals surface area contributed by atoms with E-state index >= 15 is 0 Å². The molecule has 0 unspecified atom stereocenters. The molecule has 0 aliphatic carbocycles. The van der Waals surface area contributed by atoms with Crippen molar-refractivity contribution in [2.45, 2.75) is 31.5 Å². The number of nitrogens with zero attached hydrogens (tertiary/aromatic N) is 1. The van der Waals surface area contributed by atoms with Gasteiger partial charge in [0.25, 0.3) is 18.5 Å². The molecule has 1 aromatic rings. The topological polar surface area (TPSA) is 132 Å². The van der Waals surface area contributed by atoms with Crippen molar-refractivity contribution in [1.29, 1.82) is 10.7 Å². The fourth-order valence-corrected chi connectivity index (χ4v) is 3.40. The van der Waals surface area contributed by atoms with E-state index in [9.17, 15) is 9.59 Å². The highest BCUT2D eigenvalue weighted by atomic mass is 35.5. The second-order valence-corrected chi connectivity index (χ2v) is 6.99. The highest BCUT2D eigenvalue weighted by Gasteiger charge is 2.26. The van der Waals surface area contributed by atoms with Crippen molar-refractivity contribution in [1.82, 2.24) is 10.6 Å². The Kier molecular flexibility index (Phi) is 7.28. The molecule has 0 bridgehead atoms. The molecule has 5 N–H and O–H groups in total. The summed E-state index contributed by atoms with van der Waals surface area (Å²) in [6.07, 6.45) is 3.57. The maximum absolute atomic E-state index is 12.4. The molecule has 1 aromatic carbocycles. The number of benzene rings is 1. The Hall–Kier alpha value is -2.50. The Balaban J connectivity index is 2.09. The molecule has 10 heteroatoms. The van der Waals surface area contributed by atoms with Gasteiger partial charge in [-0.1, -0.05) is 41.9 Å². The Bertz CT molecular complexity index is 809. The lowest BCUT2D eigenvalue weighted by Crippen LogP contribution is -2.42. The maximum atomic E-state index is 12.4. The fourth-order valence-electron chi connectivity index (χ4n) is 2.83. The van der Waals surface area contributed by atoms with Gasteiger partial charge in [0.1, 0.15) is 5.70 Å². The van der Waals surface area contributed by atoms with Crippen LogP contribution in [-0.4, -0.2) is 30.8 Å². The van der Waals surface area contributed by atoms with Crippen LogP contribution >= 0.6 is 23.2 Å². The third-order valence-corrected chi connectivity index (χ3v) is 4.99. The van der Waals surface area contributed by atoms with Gasteiger partial charge in [0.05, 0.1) is 21.3 Å². The number of amides is 2. The second-order valence-electron chi connectivity index (χ2n) is 6.17. The second kappa shape index (κ2) is 9.44. The summed E-state index contributed by atoms with van der Waals surface area (Å²) in [6.45, 7) is 0.0165. The van der Waals surface area contributed by atoms with Gasteiger partial charge in [0.15, 0.2) is 0 Å². The fraction of sp³-hybridized carbons (Fsp3) is 0.294. The van der Waals surface area contributed by atoms with Gasteiger partial charge in [-0.25, -0.2) is 5.26 Å². The van der Waals surface area contributed by atoms with Crippen LogP contribution in [0.1, 0.15) is 23.2 Å². The summed E-state index contributed by atoms with van der Waals surface area (Å²) in [4.78, 5) is 24.8. The quantitative estimate of drug-likeness (QED) is 0.340. The first kappa shape index (κ1) is 20.8. The summed E-state index contributed by atoms with van der Waals surface area (Å²) in [7, 11) is 0. The van der Waals surface area contributed by atoms with Crippen molar-refractivity contribution < 1.29 is 9.59 Å². The first-order valence-electron chi connectivity index (χ1n) is 8.33. The smallest absolute Gasteiger partial charge is 0.269 e. The Morgan fingerprint density at radius 2 is 1.89 bits per heavy atom. The molecule has 0 spiro atoms. The van der Waals surface area contributed by atoms with Crippen molar-refractivity contribution in [3.05, 3.63) is 45.2 Å². The van der Waals surface area contributed by atoms with Crippen LogP contribution in [0.3, 0.4) is 0 Å². The minimum absolute atomic E-state index is 0.0165. The maximum Gasteiger partial charge on any atom is 0.269 e. The van der Waals surface area contributed by atoms with Crippen LogP contribution < -0.4 is 16.4 Å². The lowest BCUT2D eigenvalue weighted by molar-refractivity contribution is -0.118. The van der Waals surface area contributed by atoms with E-state index in [1.165, 1.54) is 12.1 Å². The molecule has 0 radical (unpaired) electrons. The first-order chi connectivity index (χ1) is 12.9. The van der Waals surface area contributed by atoms with Crippen LogP contribution in [0.15, 0.2) is 29.6 Å². The van der Waals surface area contributed by atoms with E-state index < -0.39 is 11.8 Å². The number of carbonyl (C=O) groups excluding carboxylic acids is 2. The molecular formula is C17H18BCl2N5O2. The minimum Gasteiger partial charge on any atom is -0.393 e. The van der Waals surface area contributed by atoms with Gasteiger partial charge in [-0.05, 0) is 25.0 Å². The molecule has 0 saturated carbocycles. The molecule has 0 atom stereocenters. The SMILES string of the molecule is N#CB1CCC(NC(=O)/C(N)=C(/C=N)NC(=O)c2c(Cl)cccc2Cl)CC1. The highest BCUT2D eigenvalue weighted by Crippen LogP contribution is 2.24. The molecule has 1 heterocycles. The number of hydrogen-bond donors (Lipinski definition) is 4. The zero-order chi connectivity index (χ0) is 20.0. The molecule has 1 saturated heterocycles. The zero-order valence-electron chi connectivity index (χ0n) is 14.4. The first-order valence-corrected chi connectivity index (χ1v) is 9.09. The number of hydrogen-bond acceptors (Lipinski definition) is 5. The number of halogens is 2. The monoisotopic (exact) mass is 405 g/mol. The van der Waals surface area contributed by atoms with Crippen molar-refractivity contribution in [3.8, 4) is 5.97 Å². The number of allylic oxidation sites excluding steroid dienone is 1. The van der Waals surface area contributed by atoms with E-state index in [-0.39, 0.29) is 39.8 Å². The average molecular weight is 406 g/mol. The van der Waals surface area contributed by atoms with Crippen LogP contribution in [0.5, 0.6) is 0 Å². The molecule has 7 nitrogen and oxygen atoms in total. The van der Waals surface area contributed by atoms with E-state index in [2.05, 4.69) is 16.6 Å². The van der Waals surface area contributed by atoms with Crippen LogP contribution in [0.4, 0.5) is 0 Å². The number of nitrogens with two attached hydrogens (primary N) is 1. The predicted octanol–water partition coefficient (Wildman–Crippen LogP) is 2.38. The van der Waals surface area contributed by atoms with E-state index in [0.29, 0.717) is 25.5 Å². The average Bonchev–Trinajstić information content (AvgIpc) is 2.66. The highest BCUT2D eigenvalue weighted by molar-refractivity contribution is 6.67. The van der Waals surface area contributed by atoms with Crippen LogP contribution in [0.2, 0.25) is 22.7 Å². The van der Waals surface area contributed by atoms with Crippen molar-refractivity contribution >= 4 is 47.9 Å². The van der Waals surface area contributed by atoms with Crippen molar-refractivity contribution in [2.75, 3.05) is 0 Å². The van der Waals surface area contributed by atoms with Gasteiger partial charge in [-0.3, -0.25) is 9.59 Å². The van der Waals surface area contributed by atoms with Gasteiger partial charge < -0.3 is 21.8 Å². The van der Waals surface area contributed by atoms with Gasteiger partial charge >= 0.3 is 0 Å². The van der Waals surface area contributed by atoms with Crippen molar-refractivity contribution in [3.63, 3.8) is 0 Å². The minimum atomic E-state index is -0.672. The van der Waals surface area contributed by atoms with Crippen LogP contribution in [0, 0.1) is 16.6 Å². The Labute approximate surface area is 167 Å². The summed E-state index contributed by atoms with van der Waals surface area (Å²) in [5, 5.41) is 21.8. The Morgan fingerprint density at radius 3 is 2.41 bits per heavy atom. The lowest BCUT2D eigenvalue weighted by atomic mass is 9.42. The molecule has 2 amide bonds. The summed E-state index contributed by atoms with van der Waals surface area (Å²) in [5.41, 5.74) is 5.42. The van der Waals surface area contributed by atoms with Crippen LogP contribution in [-0.2, 0) is 4.79 Å². The van der Waals surface area contributed by atoms with E-state index in [0.717, 1.165) is 6.21 Å². The summed E-state index contributed by atoms with van der Waals surface area (Å²) in [6, 6.07) is 4.51. The van der Waals surface area contributed by atoms with E-state index in [1.807, 2.05) is 0 Å². The van der Waals surface area contributed by atoms with E-state index in [1.54, 1.807) is 6.07 Å². The van der Waals surface area contributed by atoms with E-state index in [4.69, 9.17) is 39.6 Å². The number of rotatable bonds is 5. The molecule has 27 heavy (non-hydrogen) atoms. The molecule has 1 aliphatic rings. The standard InChI is InChI=1S/C17H18BCl2N5O2/c19-11-2-1-3-12(20)14(11)16(26)25-13(8-21)15(23)17(27)24-10-4-6-18(9-22)7-5-10/h1-3,8,10,21H,4-7,23H2,(H,24,27)(H,25,26)/b15-13+,21-8?. The number of carbonyl (C=O) groups is 2. The van der Waals surface area contributed by atoms with Crippen molar-refractivity contribution in [2.24, 2.45) is 5.73 Å². The molecule has 1 aliphatic heterocycles. The third-order valence-electron chi connectivity index (χ3n) is 4.36. The summed E-state index contributed by atoms with van der Waals surface area (Å²) in [5.74, 6) is 0.973. The summed E-state index contributed by atoms with van der Waals surface area (Å²) < 4.78 is 0. The van der Waals surface area contributed by atoms with Gasteiger partial charge in [-0.2, -0.15) is 0 Å². The molecule has 140 valence electrons. The number of nitriles is 1. The zero-order valence-corrected chi connectivity index (χ0v) is 15.9. The van der Waals surface area contributed by atoms with Gasteiger partial charge in [-0.15, -0.1) is 0 Å². The lowest BCUT2D eigenvalue weighted by Gasteiger charge is -2.24. The summed E-state index contributed by atoms with van der Waals surface area (Å²) >= 11 is 12.0. The normalized spacial score (nSPS) is 15.4. The third kappa shape index (κ3) is 5.25. The predicted molar refractivity (Wildman–Crippen MR) is 106 cm³/mol. The molecule has 2 rings (SSSR count). The van der Waals surface area contributed by atoms with Gasteiger partial charge in [0.2, 0.25) is 0 Å². The number of nitrogens with one attached hydrogen (secondary N) is 3. The molecular weight excluding hydrogens is 388 g/mol. The largest absolute Gasteiger partial charge is 0.393 e. The molecule has 1 fully saturated rings. The van der Waals surface area contributed by atoms with Gasteiger partial charge in [0, 0.05) is 18.2 Å².